The van der Waals surface area contributed by atoms with E-state index in [0.29, 0.717) is 12.1 Å². The summed E-state index contributed by atoms with van der Waals surface area (Å²) in [7, 11) is 1.82. The van der Waals surface area contributed by atoms with Crippen LogP contribution in [0, 0.1) is 0 Å². The highest BCUT2D eigenvalue weighted by atomic mass is 127. The number of halogens is 1. The highest BCUT2D eigenvalue weighted by Crippen LogP contribution is 2.06. The molecule has 0 saturated carbocycles. The molecule has 0 aromatic carbocycles. The Kier molecular flexibility index (Phi) is 11.4. The largest absolute Gasteiger partial charge is 0.356 e. The first-order valence-electron chi connectivity index (χ1n) is 10.0. The highest BCUT2D eigenvalue weighted by Gasteiger charge is 2.12. The molecule has 2 aromatic heterocycles. The topological polar surface area (TPSA) is 69.8 Å². The molecule has 0 amide bonds. The average molecular weight is 501 g/mol. The smallest absolute Gasteiger partial charge is 0.190 e. The number of aryl methyl sites for hydroxylation is 1. The molecule has 0 atom stereocenters. The molecule has 0 bridgehead atoms. The van der Waals surface area contributed by atoms with Crippen molar-refractivity contribution < 1.29 is 0 Å². The molecule has 7 nitrogen and oxygen atoms in total. The summed E-state index contributed by atoms with van der Waals surface area (Å²) >= 11 is 0. The number of pyridine rings is 1. The van der Waals surface area contributed by atoms with Gasteiger partial charge in [0.15, 0.2) is 11.6 Å². The molecule has 0 aliphatic carbocycles. The van der Waals surface area contributed by atoms with E-state index in [1.807, 2.05) is 35.8 Å². The van der Waals surface area contributed by atoms with Crippen LogP contribution in [0.5, 0.6) is 0 Å². The molecule has 0 unspecified atom stereocenters. The summed E-state index contributed by atoms with van der Waals surface area (Å²) in [5.74, 6) is 1.86. The summed E-state index contributed by atoms with van der Waals surface area (Å²) in [5.41, 5.74) is 0.898. The van der Waals surface area contributed by atoms with E-state index in [-0.39, 0.29) is 24.0 Å². The van der Waals surface area contributed by atoms with Gasteiger partial charge in [-0.1, -0.05) is 6.07 Å². The van der Waals surface area contributed by atoms with Gasteiger partial charge in [-0.05, 0) is 52.7 Å². The molecular formula is C20H36IN7. The zero-order valence-electron chi connectivity index (χ0n) is 17.9. The van der Waals surface area contributed by atoms with Crippen LogP contribution >= 0.6 is 24.0 Å². The van der Waals surface area contributed by atoms with Crippen LogP contribution < -0.4 is 10.6 Å². The minimum Gasteiger partial charge on any atom is -0.356 e. The van der Waals surface area contributed by atoms with Crippen molar-refractivity contribution in [2.75, 3.05) is 26.7 Å². The van der Waals surface area contributed by atoms with Gasteiger partial charge in [-0.25, -0.2) is 0 Å². The molecule has 0 saturated heterocycles. The first-order chi connectivity index (χ1) is 13.0. The Morgan fingerprint density at radius 3 is 2.39 bits per heavy atom. The van der Waals surface area contributed by atoms with Crippen LogP contribution in [0.4, 0.5) is 0 Å². The van der Waals surface area contributed by atoms with E-state index in [0.717, 1.165) is 56.3 Å². The second-order valence-corrected chi connectivity index (χ2v) is 7.35. The molecule has 8 heteroatoms. The van der Waals surface area contributed by atoms with E-state index in [4.69, 9.17) is 0 Å². The third kappa shape index (κ3) is 7.54. The number of nitrogens with one attached hydrogen (secondary N) is 2. The molecule has 28 heavy (non-hydrogen) atoms. The number of hydrogen-bond donors (Lipinski definition) is 2. The molecule has 158 valence electrons. The van der Waals surface area contributed by atoms with Crippen molar-refractivity contribution in [2.24, 2.45) is 4.99 Å². The van der Waals surface area contributed by atoms with Crippen molar-refractivity contribution in [3.63, 3.8) is 0 Å². The van der Waals surface area contributed by atoms with Crippen molar-refractivity contribution in [1.29, 1.82) is 0 Å². The van der Waals surface area contributed by atoms with Gasteiger partial charge in [0.1, 0.15) is 5.82 Å². The Morgan fingerprint density at radius 1 is 1.07 bits per heavy atom. The maximum Gasteiger partial charge on any atom is 0.190 e. The minimum absolute atomic E-state index is 0. The van der Waals surface area contributed by atoms with Gasteiger partial charge < -0.3 is 10.6 Å². The molecular weight excluding hydrogens is 465 g/mol. The lowest BCUT2D eigenvalue weighted by Gasteiger charge is -2.30. The monoisotopic (exact) mass is 501 g/mol. The number of nitrogens with zero attached hydrogens (tertiary/aromatic N) is 5. The summed E-state index contributed by atoms with van der Waals surface area (Å²) in [6, 6.07) is 7.11. The third-order valence-electron chi connectivity index (χ3n) is 4.69. The molecule has 0 aliphatic rings. The Hall–Kier alpha value is -1.42. The minimum atomic E-state index is 0. The van der Waals surface area contributed by atoms with Crippen LogP contribution in [-0.2, 0) is 6.42 Å². The van der Waals surface area contributed by atoms with Crippen molar-refractivity contribution in [2.45, 2.75) is 59.0 Å². The fourth-order valence-electron chi connectivity index (χ4n) is 3.32. The molecule has 2 aromatic rings. The van der Waals surface area contributed by atoms with Crippen LogP contribution in [0.15, 0.2) is 29.4 Å². The Bertz CT molecular complexity index is 703. The standard InChI is InChI=1S/C20H35N7.HI/c1-16(2)26(17(3)4)15-9-13-23-20(21-5)22-12-8-11-19-25-24-18-10-6-7-14-27(18)19;/h6-7,10,14,16-17H,8-9,11-13,15H2,1-5H3,(H2,21,22,23);1H. The lowest BCUT2D eigenvalue weighted by molar-refractivity contribution is 0.173. The Balaban J connectivity index is 0.00000392. The predicted octanol–water partition coefficient (Wildman–Crippen LogP) is 2.95. The van der Waals surface area contributed by atoms with Crippen LogP contribution in [0.1, 0.15) is 46.4 Å². The van der Waals surface area contributed by atoms with E-state index in [9.17, 15) is 0 Å². The van der Waals surface area contributed by atoms with Gasteiger partial charge in [-0.3, -0.25) is 14.3 Å². The molecule has 2 N–H and O–H groups in total. The van der Waals surface area contributed by atoms with Crippen molar-refractivity contribution in [3.05, 3.63) is 30.2 Å². The normalized spacial score (nSPS) is 12.1. The van der Waals surface area contributed by atoms with Crippen LogP contribution in [0.25, 0.3) is 5.65 Å². The summed E-state index contributed by atoms with van der Waals surface area (Å²) in [5, 5.41) is 15.2. The van der Waals surface area contributed by atoms with Crippen molar-refractivity contribution >= 4 is 35.6 Å². The van der Waals surface area contributed by atoms with Crippen LogP contribution in [-0.4, -0.2) is 64.2 Å². The summed E-state index contributed by atoms with van der Waals surface area (Å²) < 4.78 is 2.04. The SMILES string of the molecule is CN=C(NCCCc1nnc2ccccn12)NCCCN(C(C)C)C(C)C.I. The lowest BCUT2D eigenvalue weighted by Crippen LogP contribution is -2.41. The number of aromatic nitrogens is 3. The van der Waals surface area contributed by atoms with Crippen molar-refractivity contribution in [3.8, 4) is 0 Å². The number of fused-ring (bicyclic) bond motifs is 1. The lowest BCUT2D eigenvalue weighted by atomic mass is 10.2. The zero-order valence-corrected chi connectivity index (χ0v) is 20.2. The van der Waals surface area contributed by atoms with E-state index in [1.165, 1.54) is 0 Å². The molecule has 0 aliphatic heterocycles. The first-order valence-corrected chi connectivity index (χ1v) is 10.0. The van der Waals surface area contributed by atoms with E-state index in [2.05, 4.69) is 58.4 Å². The van der Waals surface area contributed by atoms with E-state index in [1.54, 1.807) is 0 Å². The van der Waals surface area contributed by atoms with Crippen LogP contribution in [0.3, 0.4) is 0 Å². The number of rotatable bonds is 10. The Labute approximate surface area is 186 Å². The fraction of sp³-hybridized carbons (Fsp3) is 0.650. The summed E-state index contributed by atoms with van der Waals surface area (Å²) in [6.45, 7) is 11.9. The second-order valence-electron chi connectivity index (χ2n) is 7.35. The number of guanidine groups is 1. The zero-order chi connectivity index (χ0) is 19.6. The van der Waals surface area contributed by atoms with Gasteiger partial charge in [0.2, 0.25) is 0 Å². The van der Waals surface area contributed by atoms with Gasteiger partial charge in [-0.15, -0.1) is 34.2 Å². The van der Waals surface area contributed by atoms with E-state index < -0.39 is 0 Å². The van der Waals surface area contributed by atoms with Gasteiger partial charge in [0.25, 0.3) is 0 Å². The highest BCUT2D eigenvalue weighted by molar-refractivity contribution is 14.0. The van der Waals surface area contributed by atoms with Gasteiger partial charge in [0.05, 0.1) is 0 Å². The van der Waals surface area contributed by atoms with E-state index >= 15 is 0 Å². The summed E-state index contributed by atoms with van der Waals surface area (Å²) in [4.78, 5) is 6.82. The number of hydrogen-bond acceptors (Lipinski definition) is 4. The predicted molar refractivity (Wildman–Crippen MR) is 128 cm³/mol. The number of aliphatic imine (C=N–C) groups is 1. The van der Waals surface area contributed by atoms with Crippen molar-refractivity contribution in [1.82, 2.24) is 30.1 Å². The second kappa shape index (κ2) is 12.9. The van der Waals surface area contributed by atoms with Gasteiger partial charge in [-0.2, -0.15) is 0 Å². The molecule has 0 radical (unpaired) electrons. The van der Waals surface area contributed by atoms with Gasteiger partial charge in [0, 0.05) is 51.4 Å². The quantitative estimate of drug-likeness (QED) is 0.227. The first kappa shape index (κ1) is 24.6. The third-order valence-corrected chi connectivity index (χ3v) is 4.69. The molecule has 0 spiro atoms. The fourth-order valence-corrected chi connectivity index (χ4v) is 3.32. The average Bonchev–Trinajstić information content (AvgIpc) is 3.05. The van der Waals surface area contributed by atoms with Gasteiger partial charge >= 0.3 is 0 Å². The maximum absolute atomic E-state index is 4.31. The Morgan fingerprint density at radius 2 is 1.75 bits per heavy atom. The summed E-state index contributed by atoms with van der Waals surface area (Å²) in [6.07, 6.45) is 4.97. The van der Waals surface area contributed by atoms with Crippen LogP contribution in [0.2, 0.25) is 0 Å². The maximum atomic E-state index is 4.31. The molecule has 2 heterocycles. The molecule has 0 fully saturated rings. The molecule has 2 rings (SSSR count).